The smallest absolute Gasteiger partial charge is 0.327 e. The van der Waals surface area contributed by atoms with Crippen LogP contribution in [0.25, 0.3) is 0 Å². The van der Waals surface area contributed by atoms with Crippen LogP contribution in [-0.2, 0) is 10.0 Å². The number of nitrogens with zero attached hydrogens (tertiary/aromatic N) is 2. The summed E-state index contributed by atoms with van der Waals surface area (Å²) in [5.41, 5.74) is 0.943. The molecule has 0 atom stereocenters. The zero-order chi connectivity index (χ0) is 19.3. The maximum atomic E-state index is 12.4. The standard InChI is InChI=1S/C16H22N4O4S2/c1-5-10-24-13-8-6-12(7-9-13)19-15(21)20(4)16-18-11(2)14(25-16)26(22,23)17-3/h6-9,17H,5,10H2,1-4H3,(H,19,21). The van der Waals surface area contributed by atoms with Crippen molar-refractivity contribution in [3.8, 4) is 5.75 Å². The zero-order valence-electron chi connectivity index (χ0n) is 15.1. The lowest BCUT2D eigenvalue weighted by Crippen LogP contribution is -2.31. The maximum Gasteiger partial charge on any atom is 0.327 e. The first-order valence-corrected chi connectivity index (χ1v) is 10.3. The monoisotopic (exact) mass is 398 g/mol. The Morgan fingerprint density at radius 3 is 2.54 bits per heavy atom. The SMILES string of the molecule is CCCOc1ccc(NC(=O)N(C)c2nc(C)c(S(=O)(=O)NC)s2)cc1. The fourth-order valence-electron chi connectivity index (χ4n) is 2.00. The van der Waals surface area contributed by atoms with Crippen molar-refractivity contribution in [1.82, 2.24) is 9.71 Å². The first-order chi connectivity index (χ1) is 12.3. The third kappa shape index (κ3) is 4.71. The van der Waals surface area contributed by atoms with Crippen LogP contribution in [-0.4, -0.2) is 40.1 Å². The molecule has 0 aliphatic heterocycles. The molecule has 0 unspecified atom stereocenters. The molecule has 0 saturated carbocycles. The molecule has 2 N–H and O–H groups in total. The van der Waals surface area contributed by atoms with Gasteiger partial charge >= 0.3 is 6.03 Å². The average molecular weight is 399 g/mol. The van der Waals surface area contributed by atoms with E-state index in [0.29, 0.717) is 18.0 Å². The molecule has 2 amide bonds. The van der Waals surface area contributed by atoms with Crippen LogP contribution in [0.15, 0.2) is 28.5 Å². The van der Waals surface area contributed by atoms with E-state index in [9.17, 15) is 13.2 Å². The number of carbonyl (C=O) groups excluding carboxylic acids is 1. The number of nitrogens with one attached hydrogen (secondary N) is 2. The van der Waals surface area contributed by atoms with Crippen LogP contribution < -0.4 is 19.7 Å². The highest BCUT2D eigenvalue weighted by Gasteiger charge is 2.23. The minimum absolute atomic E-state index is 0.0899. The number of benzene rings is 1. The predicted octanol–water partition coefficient (Wildman–Crippen LogP) is 2.82. The summed E-state index contributed by atoms with van der Waals surface area (Å²) < 4.78 is 31.7. The molecule has 26 heavy (non-hydrogen) atoms. The second kappa shape index (κ2) is 8.47. The number of aromatic nitrogens is 1. The Morgan fingerprint density at radius 1 is 1.31 bits per heavy atom. The third-order valence-electron chi connectivity index (χ3n) is 3.43. The predicted molar refractivity (Wildman–Crippen MR) is 103 cm³/mol. The highest BCUT2D eigenvalue weighted by Crippen LogP contribution is 2.29. The van der Waals surface area contributed by atoms with Gasteiger partial charge in [0.1, 0.15) is 5.75 Å². The van der Waals surface area contributed by atoms with Crippen molar-refractivity contribution < 1.29 is 17.9 Å². The molecule has 0 bridgehead atoms. The Labute approximate surface area is 157 Å². The molecule has 0 radical (unpaired) electrons. The third-order valence-corrected chi connectivity index (χ3v) is 6.68. The molecule has 0 saturated heterocycles. The van der Waals surface area contributed by atoms with E-state index >= 15 is 0 Å². The van der Waals surface area contributed by atoms with Gasteiger partial charge in [-0.25, -0.2) is 22.9 Å². The van der Waals surface area contributed by atoms with Gasteiger partial charge in [0.2, 0.25) is 0 Å². The quantitative estimate of drug-likeness (QED) is 0.747. The van der Waals surface area contributed by atoms with Crippen molar-refractivity contribution in [3.05, 3.63) is 30.0 Å². The van der Waals surface area contributed by atoms with Gasteiger partial charge in [-0.2, -0.15) is 0 Å². The number of amides is 2. The lowest BCUT2D eigenvalue weighted by atomic mass is 10.3. The van der Waals surface area contributed by atoms with Crippen molar-refractivity contribution in [2.45, 2.75) is 24.5 Å². The van der Waals surface area contributed by atoms with Gasteiger partial charge in [-0.05, 0) is 44.7 Å². The molecule has 0 aliphatic carbocycles. The Kier molecular flexibility index (Phi) is 6.57. The molecular formula is C16H22N4O4S2. The average Bonchev–Trinajstić information content (AvgIpc) is 3.03. The van der Waals surface area contributed by atoms with Crippen LogP contribution >= 0.6 is 11.3 Å². The summed E-state index contributed by atoms with van der Waals surface area (Å²) in [6, 6.07) is 6.60. The van der Waals surface area contributed by atoms with Crippen LogP contribution in [0.3, 0.4) is 0 Å². The molecule has 1 aromatic heterocycles. The van der Waals surface area contributed by atoms with Crippen LogP contribution in [0, 0.1) is 6.92 Å². The Morgan fingerprint density at radius 2 is 1.96 bits per heavy atom. The Bertz CT molecular complexity index is 863. The van der Waals surface area contributed by atoms with Gasteiger partial charge in [-0.1, -0.05) is 18.3 Å². The highest BCUT2D eigenvalue weighted by molar-refractivity contribution is 7.91. The number of ether oxygens (including phenoxy) is 1. The Balaban J connectivity index is 2.09. The number of anilines is 2. The maximum absolute atomic E-state index is 12.4. The molecule has 10 heteroatoms. The van der Waals surface area contributed by atoms with E-state index in [4.69, 9.17) is 4.74 Å². The van der Waals surface area contributed by atoms with E-state index in [1.54, 1.807) is 31.2 Å². The molecule has 1 heterocycles. The summed E-state index contributed by atoms with van der Waals surface area (Å²) in [5, 5.41) is 3.03. The number of carbonyl (C=O) groups is 1. The molecule has 0 spiro atoms. The van der Waals surface area contributed by atoms with E-state index < -0.39 is 16.1 Å². The van der Waals surface area contributed by atoms with Gasteiger partial charge in [0.05, 0.1) is 12.3 Å². The summed E-state index contributed by atoms with van der Waals surface area (Å²) in [6.45, 7) is 4.25. The van der Waals surface area contributed by atoms with Crippen molar-refractivity contribution in [2.75, 3.05) is 30.9 Å². The number of hydrogen-bond acceptors (Lipinski definition) is 6. The minimum atomic E-state index is -3.60. The van der Waals surface area contributed by atoms with Gasteiger partial charge in [-0.15, -0.1) is 0 Å². The molecular weight excluding hydrogens is 376 g/mol. The number of sulfonamides is 1. The molecule has 142 valence electrons. The molecule has 0 fully saturated rings. The summed E-state index contributed by atoms with van der Waals surface area (Å²) in [7, 11) is -0.743. The summed E-state index contributed by atoms with van der Waals surface area (Å²) in [4.78, 5) is 17.8. The second-order valence-corrected chi connectivity index (χ2v) is 8.50. The van der Waals surface area contributed by atoms with Crippen molar-refractivity contribution in [1.29, 1.82) is 0 Å². The molecule has 2 aromatic rings. The van der Waals surface area contributed by atoms with Crippen molar-refractivity contribution >= 4 is 38.2 Å². The molecule has 0 aliphatic rings. The number of urea groups is 1. The molecule has 8 nitrogen and oxygen atoms in total. The number of hydrogen-bond donors (Lipinski definition) is 2. The molecule has 1 aromatic carbocycles. The highest BCUT2D eigenvalue weighted by atomic mass is 32.2. The van der Waals surface area contributed by atoms with Gasteiger partial charge in [-0.3, -0.25) is 4.90 Å². The van der Waals surface area contributed by atoms with Crippen LogP contribution in [0.2, 0.25) is 0 Å². The first kappa shape index (κ1) is 20.1. The number of aryl methyl sites for hydroxylation is 1. The van der Waals surface area contributed by atoms with Gasteiger partial charge < -0.3 is 10.1 Å². The van der Waals surface area contributed by atoms with E-state index in [1.807, 2.05) is 6.92 Å². The Hall–Kier alpha value is -2.17. The van der Waals surface area contributed by atoms with Crippen LogP contribution in [0.4, 0.5) is 15.6 Å². The van der Waals surface area contributed by atoms with Crippen LogP contribution in [0.5, 0.6) is 5.75 Å². The van der Waals surface area contributed by atoms with E-state index in [1.165, 1.54) is 19.0 Å². The topological polar surface area (TPSA) is 101 Å². The normalized spacial score (nSPS) is 11.2. The van der Waals surface area contributed by atoms with Gasteiger partial charge in [0.15, 0.2) is 9.34 Å². The van der Waals surface area contributed by atoms with Gasteiger partial charge in [0, 0.05) is 12.7 Å². The first-order valence-electron chi connectivity index (χ1n) is 7.97. The van der Waals surface area contributed by atoms with Crippen molar-refractivity contribution in [2.24, 2.45) is 0 Å². The fraction of sp³-hybridized carbons (Fsp3) is 0.375. The minimum Gasteiger partial charge on any atom is -0.494 e. The lowest BCUT2D eigenvalue weighted by Gasteiger charge is -2.15. The zero-order valence-corrected chi connectivity index (χ0v) is 16.7. The lowest BCUT2D eigenvalue weighted by molar-refractivity contribution is 0.258. The van der Waals surface area contributed by atoms with E-state index in [-0.39, 0.29) is 9.34 Å². The van der Waals surface area contributed by atoms with Gasteiger partial charge in [0.25, 0.3) is 10.0 Å². The summed E-state index contributed by atoms with van der Waals surface area (Å²) in [6.07, 6.45) is 0.918. The number of rotatable bonds is 7. The largest absolute Gasteiger partial charge is 0.494 e. The number of thiazole rings is 1. The summed E-state index contributed by atoms with van der Waals surface area (Å²) >= 11 is 0.933. The van der Waals surface area contributed by atoms with Crippen molar-refractivity contribution in [3.63, 3.8) is 0 Å². The molecule has 2 rings (SSSR count). The fourth-order valence-corrected chi connectivity index (χ4v) is 4.30. The van der Waals surface area contributed by atoms with E-state index in [0.717, 1.165) is 23.5 Å². The second-order valence-electron chi connectivity index (χ2n) is 5.44. The summed E-state index contributed by atoms with van der Waals surface area (Å²) in [5.74, 6) is 0.732. The van der Waals surface area contributed by atoms with Crippen LogP contribution in [0.1, 0.15) is 19.0 Å². The van der Waals surface area contributed by atoms with E-state index in [2.05, 4.69) is 15.0 Å².